The zero-order valence-electron chi connectivity index (χ0n) is 12.0. The van der Waals surface area contributed by atoms with E-state index in [0.717, 1.165) is 11.1 Å². The summed E-state index contributed by atoms with van der Waals surface area (Å²) in [6.07, 6.45) is 0.684. The largest absolute Gasteiger partial charge is 0.463 e. The molecule has 4 heteroatoms. The van der Waals surface area contributed by atoms with E-state index in [4.69, 9.17) is 14.2 Å². The highest BCUT2D eigenvalue weighted by Gasteiger charge is 2.42. The number of ether oxygens (including phenoxy) is 3. The quantitative estimate of drug-likeness (QED) is 0.755. The van der Waals surface area contributed by atoms with Crippen molar-refractivity contribution < 1.29 is 19.0 Å². The van der Waals surface area contributed by atoms with E-state index in [1.165, 1.54) is 7.11 Å². The summed E-state index contributed by atoms with van der Waals surface area (Å²) < 4.78 is 16.5. The third-order valence-electron chi connectivity index (χ3n) is 3.49. The van der Waals surface area contributed by atoms with E-state index in [9.17, 15) is 4.79 Å². The minimum Gasteiger partial charge on any atom is -0.463 e. The molecule has 2 aromatic carbocycles. The zero-order valence-corrected chi connectivity index (χ0v) is 12.0. The first kappa shape index (κ1) is 13.5. The molecule has 0 atom stereocenters. The van der Waals surface area contributed by atoms with Gasteiger partial charge in [-0.1, -0.05) is 36.4 Å². The fourth-order valence-electron chi connectivity index (χ4n) is 2.41. The van der Waals surface area contributed by atoms with Gasteiger partial charge in [-0.05, 0) is 23.3 Å². The summed E-state index contributed by atoms with van der Waals surface area (Å²) in [5, 5.41) is 0. The number of fused-ring (bicyclic) bond motifs is 2. The van der Waals surface area contributed by atoms with Crippen LogP contribution in [-0.2, 0) is 16.0 Å². The lowest BCUT2D eigenvalue weighted by Crippen LogP contribution is -2.48. The molecule has 2 aromatic rings. The summed E-state index contributed by atoms with van der Waals surface area (Å²) in [6.45, 7) is 1.57. The molecule has 0 amide bonds. The number of para-hydroxylation sites is 2. The number of methoxy groups -OCH3 is 1. The van der Waals surface area contributed by atoms with Crippen LogP contribution in [0.2, 0.25) is 0 Å². The monoisotopic (exact) mass is 284 g/mol. The van der Waals surface area contributed by atoms with E-state index < -0.39 is 11.8 Å². The SMILES string of the molecule is COC(=O)C1(C)Oc2ccccc2Cc2ccccc2O1. The van der Waals surface area contributed by atoms with Crippen molar-refractivity contribution in [2.24, 2.45) is 0 Å². The van der Waals surface area contributed by atoms with Crippen molar-refractivity contribution in [3.8, 4) is 11.5 Å². The van der Waals surface area contributed by atoms with Crippen molar-refractivity contribution in [2.45, 2.75) is 19.1 Å². The van der Waals surface area contributed by atoms with Gasteiger partial charge in [0.1, 0.15) is 11.5 Å². The fraction of sp³-hybridized carbons (Fsp3) is 0.235. The molecule has 0 spiro atoms. The molecule has 0 bridgehead atoms. The van der Waals surface area contributed by atoms with Gasteiger partial charge in [0.25, 0.3) is 0 Å². The average molecular weight is 284 g/mol. The van der Waals surface area contributed by atoms with Gasteiger partial charge >= 0.3 is 11.8 Å². The summed E-state index contributed by atoms with van der Waals surface area (Å²) in [7, 11) is 1.32. The van der Waals surface area contributed by atoms with Crippen molar-refractivity contribution in [1.82, 2.24) is 0 Å². The predicted molar refractivity (Wildman–Crippen MR) is 77.4 cm³/mol. The van der Waals surface area contributed by atoms with Crippen LogP contribution in [0.1, 0.15) is 18.1 Å². The molecule has 3 rings (SSSR count). The molecule has 0 saturated carbocycles. The summed E-state index contributed by atoms with van der Waals surface area (Å²) in [5.41, 5.74) is 2.01. The first-order valence-corrected chi connectivity index (χ1v) is 6.74. The Balaban J connectivity index is 2.14. The van der Waals surface area contributed by atoms with Crippen LogP contribution in [0.4, 0.5) is 0 Å². The Morgan fingerprint density at radius 3 is 1.95 bits per heavy atom. The molecule has 0 radical (unpaired) electrons. The Morgan fingerprint density at radius 2 is 1.48 bits per heavy atom. The molecule has 21 heavy (non-hydrogen) atoms. The fourth-order valence-corrected chi connectivity index (χ4v) is 2.41. The molecule has 1 aliphatic rings. The second-order valence-corrected chi connectivity index (χ2v) is 5.03. The van der Waals surface area contributed by atoms with Crippen molar-refractivity contribution in [3.05, 3.63) is 59.7 Å². The molecule has 0 unspecified atom stereocenters. The van der Waals surface area contributed by atoms with E-state index in [1.54, 1.807) is 6.92 Å². The van der Waals surface area contributed by atoms with E-state index in [1.807, 2.05) is 48.5 Å². The number of carbonyl (C=O) groups is 1. The number of hydrogen-bond donors (Lipinski definition) is 0. The summed E-state index contributed by atoms with van der Waals surface area (Å²) in [5.74, 6) is -0.838. The van der Waals surface area contributed by atoms with E-state index in [0.29, 0.717) is 17.9 Å². The molecule has 0 fully saturated rings. The molecular formula is C17H16O4. The van der Waals surface area contributed by atoms with E-state index >= 15 is 0 Å². The van der Waals surface area contributed by atoms with Crippen LogP contribution >= 0.6 is 0 Å². The van der Waals surface area contributed by atoms with Gasteiger partial charge in [0.15, 0.2) is 0 Å². The van der Waals surface area contributed by atoms with E-state index in [-0.39, 0.29) is 0 Å². The lowest BCUT2D eigenvalue weighted by molar-refractivity contribution is -0.185. The molecule has 0 N–H and O–H groups in total. The highest BCUT2D eigenvalue weighted by Crippen LogP contribution is 2.34. The lowest BCUT2D eigenvalue weighted by atomic mass is 10.0. The van der Waals surface area contributed by atoms with Gasteiger partial charge in [0.2, 0.25) is 0 Å². The van der Waals surface area contributed by atoms with Crippen LogP contribution < -0.4 is 9.47 Å². The first-order valence-electron chi connectivity index (χ1n) is 6.74. The Morgan fingerprint density at radius 1 is 1.00 bits per heavy atom. The normalized spacial score (nSPS) is 15.3. The van der Waals surface area contributed by atoms with Gasteiger partial charge in [0, 0.05) is 13.3 Å². The highest BCUT2D eigenvalue weighted by atomic mass is 16.7. The maximum absolute atomic E-state index is 12.1. The minimum absolute atomic E-state index is 0.575. The van der Waals surface area contributed by atoms with Gasteiger partial charge in [-0.2, -0.15) is 0 Å². The van der Waals surface area contributed by atoms with Gasteiger partial charge in [0.05, 0.1) is 7.11 Å². The molecular weight excluding hydrogens is 268 g/mol. The standard InChI is InChI=1S/C17H16O4/c1-17(16(18)19-2)20-14-9-5-3-7-12(14)11-13-8-4-6-10-15(13)21-17/h3-10H,11H2,1-2H3. The summed E-state index contributed by atoms with van der Waals surface area (Å²) in [4.78, 5) is 12.1. The summed E-state index contributed by atoms with van der Waals surface area (Å²) >= 11 is 0. The Hall–Kier alpha value is -2.49. The van der Waals surface area contributed by atoms with Gasteiger partial charge in [-0.3, -0.25) is 0 Å². The second kappa shape index (κ2) is 5.13. The van der Waals surface area contributed by atoms with Crippen molar-refractivity contribution in [3.63, 3.8) is 0 Å². The molecule has 1 aliphatic heterocycles. The Kier molecular flexibility index (Phi) is 3.29. The van der Waals surface area contributed by atoms with Crippen molar-refractivity contribution >= 4 is 5.97 Å². The molecule has 108 valence electrons. The molecule has 0 saturated heterocycles. The first-order chi connectivity index (χ1) is 10.1. The van der Waals surface area contributed by atoms with Crippen LogP contribution in [0.25, 0.3) is 0 Å². The molecule has 0 aliphatic carbocycles. The van der Waals surface area contributed by atoms with Crippen molar-refractivity contribution in [1.29, 1.82) is 0 Å². The van der Waals surface area contributed by atoms with Crippen LogP contribution in [0.15, 0.2) is 48.5 Å². The van der Waals surface area contributed by atoms with Gasteiger partial charge in [-0.25, -0.2) is 4.79 Å². The maximum Gasteiger partial charge on any atom is 0.392 e. The number of rotatable bonds is 1. The lowest BCUT2D eigenvalue weighted by Gasteiger charge is -2.32. The maximum atomic E-state index is 12.1. The number of esters is 1. The molecule has 0 aromatic heterocycles. The Labute approximate surface area is 123 Å². The third kappa shape index (κ3) is 2.44. The van der Waals surface area contributed by atoms with E-state index in [2.05, 4.69) is 0 Å². The topological polar surface area (TPSA) is 44.8 Å². The minimum atomic E-state index is -1.51. The summed E-state index contributed by atoms with van der Waals surface area (Å²) in [6, 6.07) is 15.2. The van der Waals surface area contributed by atoms with Gasteiger partial charge < -0.3 is 14.2 Å². The number of hydrogen-bond acceptors (Lipinski definition) is 4. The number of carbonyl (C=O) groups excluding carboxylic acids is 1. The number of benzene rings is 2. The second-order valence-electron chi connectivity index (χ2n) is 5.03. The van der Waals surface area contributed by atoms with Crippen LogP contribution in [0.5, 0.6) is 11.5 Å². The highest BCUT2D eigenvalue weighted by molar-refractivity contribution is 5.78. The molecule has 1 heterocycles. The smallest absolute Gasteiger partial charge is 0.392 e. The van der Waals surface area contributed by atoms with Crippen LogP contribution in [0, 0.1) is 0 Å². The van der Waals surface area contributed by atoms with Crippen LogP contribution in [-0.4, -0.2) is 18.9 Å². The predicted octanol–water partition coefficient (Wildman–Crippen LogP) is 2.94. The molecule has 4 nitrogen and oxygen atoms in total. The van der Waals surface area contributed by atoms with Gasteiger partial charge in [-0.15, -0.1) is 0 Å². The Bertz CT molecular complexity index is 630. The zero-order chi connectivity index (χ0) is 14.9. The third-order valence-corrected chi connectivity index (χ3v) is 3.49. The average Bonchev–Trinajstić information content (AvgIpc) is 2.48. The van der Waals surface area contributed by atoms with Crippen LogP contribution in [0.3, 0.4) is 0 Å². The van der Waals surface area contributed by atoms with Crippen molar-refractivity contribution in [2.75, 3.05) is 7.11 Å².